The highest BCUT2D eigenvalue weighted by molar-refractivity contribution is 5.70. The molecule has 1 aromatic carbocycles. The summed E-state index contributed by atoms with van der Waals surface area (Å²) in [5.74, 6) is -0.865. The van der Waals surface area contributed by atoms with E-state index >= 15 is 0 Å². The fraction of sp³-hybridized carbons (Fsp3) is 0.417. The number of ether oxygens (including phenoxy) is 1. The predicted molar refractivity (Wildman–Crippen MR) is 60.0 cm³/mol. The number of esters is 1. The molecule has 0 aromatic heterocycles. The van der Waals surface area contributed by atoms with Gasteiger partial charge in [0, 0.05) is 6.04 Å². The third kappa shape index (κ3) is 4.35. The second-order valence-corrected chi connectivity index (χ2v) is 4.18. The zero-order valence-corrected chi connectivity index (χ0v) is 10.7. The Balaban J connectivity index is 3.29. The largest absolute Gasteiger partial charge is 0.469 e. The molecule has 2 N–H and O–H groups in total. The van der Waals surface area contributed by atoms with Crippen molar-refractivity contribution in [2.75, 3.05) is 7.11 Å². The molecule has 9 heteroatoms. The summed E-state index contributed by atoms with van der Waals surface area (Å²) in [4.78, 5) is 11.0. The van der Waals surface area contributed by atoms with Gasteiger partial charge in [0.05, 0.1) is 24.7 Å². The SMILES string of the molecule is COC(=O)C[C@H](N)c1ccc(C(F)(F)F)cc1C(F)(F)F. The molecule has 0 saturated heterocycles. The van der Waals surface area contributed by atoms with E-state index in [1.165, 1.54) is 0 Å². The van der Waals surface area contributed by atoms with Crippen molar-refractivity contribution < 1.29 is 35.9 Å². The van der Waals surface area contributed by atoms with Crippen LogP contribution in [0.5, 0.6) is 0 Å². The maximum absolute atomic E-state index is 12.9. The van der Waals surface area contributed by atoms with E-state index in [9.17, 15) is 31.1 Å². The lowest BCUT2D eigenvalue weighted by Gasteiger charge is -2.19. The van der Waals surface area contributed by atoms with Crippen LogP contribution in [0.25, 0.3) is 0 Å². The van der Waals surface area contributed by atoms with Crippen LogP contribution in [-0.2, 0) is 21.9 Å². The molecular weight excluding hydrogens is 304 g/mol. The molecule has 0 aliphatic rings. The molecule has 1 rings (SSSR count). The maximum Gasteiger partial charge on any atom is 0.416 e. The molecule has 0 unspecified atom stereocenters. The van der Waals surface area contributed by atoms with Crippen molar-refractivity contribution in [1.29, 1.82) is 0 Å². The number of methoxy groups -OCH3 is 1. The number of benzene rings is 1. The van der Waals surface area contributed by atoms with Gasteiger partial charge in [0.2, 0.25) is 0 Å². The van der Waals surface area contributed by atoms with E-state index in [0.717, 1.165) is 7.11 Å². The Hall–Kier alpha value is -1.77. The number of nitrogens with two attached hydrogens (primary N) is 1. The number of carbonyl (C=O) groups excluding carboxylic acids is 1. The number of rotatable bonds is 3. The minimum Gasteiger partial charge on any atom is -0.469 e. The summed E-state index contributed by atoms with van der Waals surface area (Å²) in [7, 11) is 1.02. The zero-order valence-electron chi connectivity index (χ0n) is 10.7. The van der Waals surface area contributed by atoms with E-state index < -0.39 is 47.5 Å². The normalized spacial score (nSPS) is 13.9. The predicted octanol–water partition coefficient (Wildman–Crippen LogP) is 3.29. The second kappa shape index (κ2) is 5.92. The molecule has 0 bridgehead atoms. The minimum absolute atomic E-state index is 0.0214. The molecule has 0 amide bonds. The molecule has 0 heterocycles. The molecule has 3 nitrogen and oxygen atoms in total. The monoisotopic (exact) mass is 315 g/mol. The molecule has 118 valence electrons. The first-order chi connectivity index (χ1) is 9.46. The molecule has 0 fully saturated rings. The molecule has 0 aliphatic heterocycles. The standard InChI is InChI=1S/C12H11F6NO2/c1-21-10(20)5-9(19)7-3-2-6(11(13,14)15)4-8(7)12(16,17)18/h2-4,9H,5,19H2,1H3/t9-/m0/s1. The first-order valence-corrected chi connectivity index (χ1v) is 5.57. The van der Waals surface area contributed by atoms with Crippen LogP contribution in [0, 0.1) is 0 Å². The van der Waals surface area contributed by atoms with Gasteiger partial charge < -0.3 is 10.5 Å². The third-order valence-electron chi connectivity index (χ3n) is 2.70. The first-order valence-electron chi connectivity index (χ1n) is 5.57. The van der Waals surface area contributed by atoms with E-state index in [-0.39, 0.29) is 6.07 Å². The Morgan fingerprint density at radius 3 is 2.19 bits per heavy atom. The van der Waals surface area contributed by atoms with Gasteiger partial charge in [-0.15, -0.1) is 0 Å². The van der Waals surface area contributed by atoms with E-state index in [0.29, 0.717) is 12.1 Å². The maximum atomic E-state index is 12.9. The number of halogens is 6. The highest BCUT2D eigenvalue weighted by Gasteiger charge is 2.39. The number of alkyl halides is 6. The molecule has 21 heavy (non-hydrogen) atoms. The summed E-state index contributed by atoms with van der Waals surface area (Å²) in [6, 6.07) is -0.329. The van der Waals surface area contributed by atoms with Crippen LogP contribution in [0.15, 0.2) is 18.2 Å². The van der Waals surface area contributed by atoms with Crippen molar-refractivity contribution >= 4 is 5.97 Å². The average Bonchev–Trinajstić information content (AvgIpc) is 2.35. The highest BCUT2D eigenvalue weighted by Crippen LogP contribution is 2.39. The lowest BCUT2D eigenvalue weighted by atomic mass is 9.96. The fourth-order valence-electron chi connectivity index (χ4n) is 1.67. The number of carbonyl (C=O) groups is 1. The van der Waals surface area contributed by atoms with Gasteiger partial charge in [0.1, 0.15) is 0 Å². The van der Waals surface area contributed by atoms with Crippen molar-refractivity contribution in [3.8, 4) is 0 Å². The average molecular weight is 315 g/mol. The van der Waals surface area contributed by atoms with Gasteiger partial charge in [-0.3, -0.25) is 4.79 Å². The highest BCUT2D eigenvalue weighted by atomic mass is 19.4. The van der Waals surface area contributed by atoms with Gasteiger partial charge in [-0.05, 0) is 17.7 Å². The molecule has 1 aromatic rings. The molecule has 0 radical (unpaired) electrons. The number of hydrogen-bond donors (Lipinski definition) is 1. The second-order valence-electron chi connectivity index (χ2n) is 4.18. The molecule has 0 spiro atoms. The van der Waals surface area contributed by atoms with Crippen LogP contribution < -0.4 is 5.73 Å². The fourth-order valence-corrected chi connectivity index (χ4v) is 1.67. The van der Waals surface area contributed by atoms with Crippen molar-refractivity contribution in [1.82, 2.24) is 0 Å². The van der Waals surface area contributed by atoms with Crippen molar-refractivity contribution in [2.45, 2.75) is 24.8 Å². The topological polar surface area (TPSA) is 52.3 Å². The summed E-state index contributed by atoms with van der Waals surface area (Å²) in [6.45, 7) is 0. The molecular formula is C12H11F6NO2. The Bertz CT molecular complexity index is 523. The van der Waals surface area contributed by atoms with Crippen LogP contribution in [0.1, 0.15) is 29.2 Å². The molecule has 1 atom stereocenters. The Labute approximate surface area is 115 Å². The quantitative estimate of drug-likeness (QED) is 0.688. The summed E-state index contributed by atoms with van der Waals surface area (Å²) in [5.41, 5.74) is 1.89. The lowest BCUT2D eigenvalue weighted by molar-refractivity contribution is -0.145. The van der Waals surface area contributed by atoms with Crippen LogP contribution in [-0.4, -0.2) is 13.1 Å². The summed E-state index contributed by atoms with van der Waals surface area (Å²) in [5, 5.41) is 0. The van der Waals surface area contributed by atoms with Gasteiger partial charge in [-0.2, -0.15) is 26.3 Å². The summed E-state index contributed by atoms with van der Waals surface area (Å²) in [6.07, 6.45) is -10.5. The Kier molecular flexibility index (Phi) is 4.87. The Morgan fingerprint density at radius 2 is 1.76 bits per heavy atom. The van der Waals surface area contributed by atoms with Crippen molar-refractivity contribution in [2.24, 2.45) is 5.73 Å². The summed E-state index contributed by atoms with van der Waals surface area (Å²) < 4.78 is 80.3. The first kappa shape index (κ1) is 17.3. The van der Waals surface area contributed by atoms with Gasteiger partial charge in [0.15, 0.2) is 0 Å². The zero-order chi connectivity index (χ0) is 16.4. The van der Waals surface area contributed by atoms with Gasteiger partial charge in [-0.1, -0.05) is 6.07 Å². The van der Waals surface area contributed by atoms with Gasteiger partial charge >= 0.3 is 18.3 Å². The molecule has 0 saturated carbocycles. The van der Waals surface area contributed by atoms with E-state index in [1.807, 2.05) is 0 Å². The molecule has 0 aliphatic carbocycles. The van der Waals surface area contributed by atoms with Gasteiger partial charge in [0.25, 0.3) is 0 Å². The van der Waals surface area contributed by atoms with Crippen LogP contribution >= 0.6 is 0 Å². The van der Waals surface area contributed by atoms with E-state index in [4.69, 9.17) is 5.73 Å². The third-order valence-corrected chi connectivity index (χ3v) is 2.70. The van der Waals surface area contributed by atoms with Crippen molar-refractivity contribution in [3.05, 3.63) is 34.9 Å². The lowest BCUT2D eigenvalue weighted by Crippen LogP contribution is -2.22. The van der Waals surface area contributed by atoms with E-state index in [2.05, 4.69) is 4.74 Å². The summed E-state index contributed by atoms with van der Waals surface area (Å²) >= 11 is 0. The van der Waals surface area contributed by atoms with E-state index in [1.54, 1.807) is 0 Å². The number of hydrogen-bond acceptors (Lipinski definition) is 3. The Morgan fingerprint density at radius 1 is 1.19 bits per heavy atom. The van der Waals surface area contributed by atoms with Crippen molar-refractivity contribution in [3.63, 3.8) is 0 Å². The van der Waals surface area contributed by atoms with Gasteiger partial charge in [-0.25, -0.2) is 0 Å². The minimum atomic E-state index is -5.02. The van der Waals surface area contributed by atoms with Crippen LogP contribution in [0.4, 0.5) is 26.3 Å². The van der Waals surface area contributed by atoms with Crippen LogP contribution in [0.3, 0.4) is 0 Å². The smallest absolute Gasteiger partial charge is 0.416 e. The van der Waals surface area contributed by atoms with Crippen LogP contribution in [0.2, 0.25) is 0 Å².